The van der Waals surface area contributed by atoms with Crippen molar-refractivity contribution in [3.05, 3.63) is 23.8 Å². The van der Waals surface area contributed by atoms with E-state index in [2.05, 4.69) is 31.9 Å². The molecule has 1 aliphatic rings. The summed E-state index contributed by atoms with van der Waals surface area (Å²) < 4.78 is -0.420. The Bertz CT molecular complexity index is 228. The SMILES string of the molecule is CC1=CC=CC([C]=O)C1(Br)Br. The highest BCUT2D eigenvalue weighted by Crippen LogP contribution is 2.43. The van der Waals surface area contributed by atoms with Gasteiger partial charge < -0.3 is 0 Å². The summed E-state index contributed by atoms with van der Waals surface area (Å²) in [6.07, 6.45) is 7.58. The molecule has 1 atom stereocenters. The summed E-state index contributed by atoms with van der Waals surface area (Å²) in [5.41, 5.74) is 1.08. The van der Waals surface area contributed by atoms with E-state index < -0.39 is 3.23 Å². The Morgan fingerprint density at radius 2 is 2.27 bits per heavy atom. The second kappa shape index (κ2) is 3.23. The molecule has 0 amide bonds. The molecular formula is C8H7Br2O. The summed E-state index contributed by atoms with van der Waals surface area (Å²) in [6.45, 7) is 1.96. The van der Waals surface area contributed by atoms with Gasteiger partial charge in [0.15, 0.2) is 0 Å². The van der Waals surface area contributed by atoms with E-state index in [1.54, 1.807) is 0 Å². The van der Waals surface area contributed by atoms with Crippen molar-refractivity contribution >= 4 is 38.1 Å². The lowest BCUT2D eigenvalue weighted by Gasteiger charge is -2.27. The maximum atomic E-state index is 10.5. The standard InChI is InChI=1S/C8H7Br2O/c1-6-3-2-4-7(5-11)8(6,9)10/h2-4,7H,1H3. The highest BCUT2D eigenvalue weighted by atomic mass is 79.9. The van der Waals surface area contributed by atoms with Gasteiger partial charge >= 0.3 is 0 Å². The van der Waals surface area contributed by atoms with Crippen LogP contribution in [0.1, 0.15) is 6.92 Å². The monoisotopic (exact) mass is 277 g/mol. The first-order valence-electron chi connectivity index (χ1n) is 3.20. The zero-order chi connectivity index (χ0) is 8.48. The number of hydrogen-bond donors (Lipinski definition) is 0. The molecule has 0 saturated heterocycles. The summed E-state index contributed by atoms with van der Waals surface area (Å²) in [4.78, 5) is 10.5. The molecule has 59 valence electrons. The smallest absolute Gasteiger partial charge is 0.208 e. The first kappa shape index (κ1) is 9.20. The third-order valence-electron chi connectivity index (χ3n) is 1.69. The Morgan fingerprint density at radius 3 is 2.73 bits per heavy atom. The summed E-state index contributed by atoms with van der Waals surface area (Å²) in [6, 6.07) is 0. The van der Waals surface area contributed by atoms with Gasteiger partial charge in [0.2, 0.25) is 6.29 Å². The van der Waals surface area contributed by atoms with Crippen molar-refractivity contribution in [3.63, 3.8) is 0 Å². The van der Waals surface area contributed by atoms with Crippen LogP contribution in [-0.4, -0.2) is 9.52 Å². The Labute approximate surface area is 82.8 Å². The number of allylic oxidation sites excluding steroid dienone is 4. The third kappa shape index (κ3) is 1.64. The van der Waals surface area contributed by atoms with E-state index >= 15 is 0 Å². The minimum Gasteiger partial charge on any atom is -0.290 e. The summed E-state index contributed by atoms with van der Waals surface area (Å²) >= 11 is 6.84. The topological polar surface area (TPSA) is 17.1 Å². The minimum atomic E-state index is -0.420. The van der Waals surface area contributed by atoms with Crippen LogP contribution in [0.3, 0.4) is 0 Å². The average Bonchev–Trinajstić information content (AvgIpc) is 1.95. The van der Waals surface area contributed by atoms with Gasteiger partial charge in [-0.2, -0.15) is 0 Å². The first-order valence-corrected chi connectivity index (χ1v) is 4.78. The normalized spacial score (nSPS) is 27.9. The predicted molar refractivity (Wildman–Crippen MR) is 52.7 cm³/mol. The van der Waals surface area contributed by atoms with E-state index in [1.807, 2.05) is 31.4 Å². The molecule has 1 nitrogen and oxygen atoms in total. The van der Waals surface area contributed by atoms with Crippen LogP contribution in [0.5, 0.6) is 0 Å². The van der Waals surface area contributed by atoms with Gasteiger partial charge in [0.1, 0.15) is 3.23 Å². The maximum absolute atomic E-state index is 10.5. The molecule has 0 aromatic heterocycles. The third-order valence-corrected chi connectivity index (χ3v) is 3.93. The van der Waals surface area contributed by atoms with E-state index in [4.69, 9.17) is 0 Å². The summed E-state index contributed by atoms with van der Waals surface area (Å²) in [5, 5.41) is 0. The Kier molecular flexibility index (Phi) is 2.70. The van der Waals surface area contributed by atoms with Crippen molar-refractivity contribution in [2.75, 3.05) is 0 Å². The number of halogens is 2. The van der Waals surface area contributed by atoms with Gasteiger partial charge in [-0.1, -0.05) is 50.1 Å². The maximum Gasteiger partial charge on any atom is 0.208 e. The zero-order valence-corrected chi connectivity index (χ0v) is 9.15. The largest absolute Gasteiger partial charge is 0.290 e. The fourth-order valence-corrected chi connectivity index (χ4v) is 1.66. The fraction of sp³-hybridized carbons (Fsp3) is 0.375. The van der Waals surface area contributed by atoms with Crippen LogP contribution in [0.2, 0.25) is 0 Å². The number of hydrogen-bond acceptors (Lipinski definition) is 1. The number of carbonyl (C=O) groups excluding carboxylic acids is 1. The van der Waals surface area contributed by atoms with E-state index in [0.29, 0.717) is 0 Å². The highest BCUT2D eigenvalue weighted by molar-refractivity contribution is 9.25. The van der Waals surface area contributed by atoms with Gasteiger partial charge in [-0.05, 0) is 12.5 Å². The van der Waals surface area contributed by atoms with Gasteiger partial charge in [0, 0.05) is 0 Å². The summed E-state index contributed by atoms with van der Waals surface area (Å²) in [5.74, 6) is -0.243. The van der Waals surface area contributed by atoms with Crippen LogP contribution >= 0.6 is 31.9 Å². The molecule has 0 heterocycles. The van der Waals surface area contributed by atoms with E-state index in [-0.39, 0.29) is 5.92 Å². The van der Waals surface area contributed by atoms with Crippen LogP contribution in [-0.2, 0) is 4.79 Å². The predicted octanol–water partition coefficient (Wildman–Crippen LogP) is 2.71. The van der Waals surface area contributed by atoms with Crippen LogP contribution in [0.15, 0.2) is 23.8 Å². The molecule has 0 fully saturated rings. The lowest BCUT2D eigenvalue weighted by molar-refractivity contribution is 0.536. The zero-order valence-electron chi connectivity index (χ0n) is 5.97. The van der Waals surface area contributed by atoms with Crippen LogP contribution < -0.4 is 0 Å². The molecule has 0 spiro atoms. The van der Waals surface area contributed by atoms with Gasteiger partial charge in [-0.25, -0.2) is 0 Å². The van der Waals surface area contributed by atoms with Crippen LogP contribution in [0, 0.1) is 5.92 Å². The molecule has 11 heavy (non-hydrogen) atoms. The van der Waals surface area contributed by atoms with Crippen molar-refractivity contribution in [3.8, 4) is 0 Å². The van der Waals surface area contributed by atoms with Crippen molar-refractivity contribution in [2.45, 2.75) is 10.2 Å². The Hall–Kier alpha value is 0.110. The van der Waals surface area contributed by atoms with E-state index in [0.717, 1.165) is 5.57 Å². The van der Waals surface area contributed by atoms with Crippen molar-refractivity contribution < 1.29 is 4.79 Å². The van der Waals surface area contributed by atoms with Crippen molar-refractivity contribution in [1.29, 1.82) is 0 Å². The molecule has 0 N–H and O–H groups in total. The van der Waals surface area contributed by atoms with Crippen LogP contribution in [0.25, 0.3) is 0 Å². The Balaban J connectivity index is 2.97. The highest BCUT2D eigenvalue weighted by Gasteiger charge is 2.35. The molecule has 0 aliphatic heterocycles. The molecule has 0 bridgehead atoms. The average molecular weight is 279 g/mol. The lowest BCUT2D eigenvalue weighted by Crippen LogP contribution is -2.27. The van der Waals surface area contributed by atoms with E-state index in [9.17, 15) is 4.79 Å². The fourth-order valence-electron chi connectivity index (χ4n) is 0.902. The van der Waals surface area contributed by atoms with Crippen LogP contribution in [0.4, 0.5) is 0 Å². The van der Waals surface area contributed by atoms with E-state index in [1.165, 1.54) is 0 Å². The first-order chi connectivity index (χ1) is 5.09. The summed E-state index contributed by atoms with van der Waals surface area (Å²) in [7, 11) is 0. The van der Waals surface area contributed by atoms with Crippen molar-refractivity contribution in [1.82, 2.24) is 0 Å². The molecule has 3 heteroatoms. The molecule has 1 aliphatic carbocycles. The Morgan fingerprint density at radius 1 is 1.64 bits per heavy atom. The molecular weight excluding hydrogens is 272 g/mol. The van der Waals surface area contributed by atoms with Gasteiger partial charge in [0.25, 0.3) is 0 Å². The molecule has 0 aromatic rings. The molecule has 1 unspecified atom stereocenters. The van der Waals surface area contributed by atoms with Gasteiger partial charge in [-0.15, -0.1) is 0 Å². The quantitative estimate of drug-likeness (QED) is 0.674. The molecule has 1 radical (unpaired) electrons. The van der Waals surface area contributed by atoms with Crippen molar-refractivity contribution in [2.24, 2.45) is 5.92 Å². The van der Waals surface area contributed by atoms with Gasteiger partial charge in [0.05, 0.1) is 5.92 Å². The lowest BCUT2D eigenvalue weighted by atomic mass is 9.96. The molecule has 1 rings (SSSR count). The molecule has 0 saturated carbocycles. The second-order valence-electron chi connectivity index (χ2n) is 2.45. The van der Waals surface area contributed by atoms with Gasteiger partial charge in [-0.3, -0.25) is 4.79 Å². The number of rotatable bonds is 1. The minimum absolute atomic E-state index is 0.243. The number of alkyl halides is 2. The second-order valence-corrected chi connectivity index (χ2v) is 6.02. The molecule has 0 aromatic carbocycles.